The van der Waals surface area contributed by atoms with Crippen LogP contribution in [-0.4, -0.2) is 81.6 Å². The number of aliphatic hydroxyl groups is 2. The summed E-state index contributed by atoms with van der Waals surface area (Å²) < 4.78 is 58.3. The van der Waals surface area contributed by atoms with E-state index < -0.39 is 42.8 Å². The van der Waals surface area contributed by atoms with Crippen molar-refractivity contribution in [3.63, 3.8) is 0 Å². The number of benzene rings is 1. The van der Waals surface area contributed by atoms with Crippen molar-refractivity contribution in [2.24, 2.45) is 0 Å². The Kier molecular flexibility index (Phi) is 7.71. The van der Waals surface area contributed by atoms with Gasteiger partial charge in [-0.3, -0.25) is 9.53 Å². The molecule has 0 radical (unpaired) electrons. The Balaban J connectivity index is 1.29. The molecule has 1 saturated heterocycles. The van der Waals surface area contributed by atoms with Crippen molar-refractivity contribution >= 4 is 33.9 Å². The summed E-state index contributed by atoms with van der Waals surface area (Å²) >= 11 is 1.20. The highest BCUT2D eigenvalue weighted by Gasteiger charge is 2.39. The van der Waals surface area contributed by atoms with Crippen molar-refractivity contribution in [3.8, 4) is 11.3 Å². The first kappa shape index (κ1) is 29.2. The third-order valence-corrected chi connectivity index (χ3v) is 8.20. The number of aromatic nitrogens is 3. The fraction of sp³-hybridized carbons (Fsp3) is 0.480. The van der Waals surface area contributed by atoms with E-state index in [1.807, 2.05) is 0 Å². The molecule has 11 nitrogen and oxygen atoms in total. The second kappa shape index (κ2) is 10.8. The molecule has 3 N–H and O–H groups in total. The van der Waals surface area contributed by atoms with Gasteiger partial charge in [-0.1, -0.05) is 6.07 Å². The Hall–Kier alpha value is -3.31. The van der Waals surface area contributed by atoms with Gasteiger partial charge in [0.05, 0.1) is 23.8 Å². The Labute approximate surface area is 236 Å². The molecule has 0 aliphatic carbocycles. The molecular weight excluding hydrogens is 570 g/mol. The predicted octanol–water partition coefficient (Wildman–Crippen LogP) is 3.42. The van der Waals surface area contributed by atoms with E-state index in [1.165, 1.54) is 56.1 Å². The Bertz CT molecular complexity index is 1450. The van der Waals surface area contributed by atoms with E-state index in [9.17, 15) is 28.2 Å². The van der Waals surface area contributed by atoms with Crippen LogP contribution in [0.2, 0.25) is 0 Å². The molecule has 2 aromatic heterocycles. The molecule has 1 fully saturated rings. The number of nitrogens with zero attached hydrogens (tertiary/aromatic N) is 6. The van der Waals surface area contributed by atoms with Crippen LogP contribution >= 0.6 is 11.3 Å². The summed E-state index contributed by atoms with van der Waals surface area (Å²) in [6, 6.07) is 3.60. The molecule has 0 spiro atoms. The van der Waals surface area contributed by atoms with Crippen molar-refractivity contribution < 1.29 is 37.3 Å². The normalized spacial score (nSPS) is 22.2. The lowest BCUT2D eigenvalue weighted by molar-refractivity contribution is -0.339. The molecule has 3 aromatic rings. The van der Waals surface area contributed by atoms with Gasteiger partial charge in [0.15, 0.2) is 23.5 Å². The second-order valence-corrected chi connectivity index (χ2v) is 11.2. The van der Waals surface area contributed by atoms with Crippen molar-refractivity contribution in [1.29, 1.82) is 0 Å². The van der Waals surface area contributed by atoms with Gasteiger partial charge in [0.25, 0.3) is 0 Å². The van der Waals surface area contributed by atoms with Crippen LogP contribution in [0.15, 0.2) is 24.5 Å². The van der Waals surface area contributed by atoms with E-state index in [0.29, 0.717) is 27.6 Å². The van der Waals surface area contributed by atoms with Gasteiger partial charge in [-0.05, 0) is 39.4 Å². The minimum absolute atomic E-state index is 0.0792. The number of thiazole rings is 1. The maximum atomic E-state index is 15.1. The Morgan fingerprint density at radius 1 is 1.27 bits per heavy atom. The van der Waals surface area contributed by atoms with Gasteiger partial charge in [-0.2, -0.15) is 0 Å². The smallest absolute Gasteiger partial charge is 0.372 e. The maximum Gasteiger partial charge on any atom is 0.522 e. The van der Waals surface area contributed by atoms with E-state index in [1.54, 1.807) is 27.0 Å². The summed E-state index contributed by atoms with van der Waals surface area (Å²) in [5.74, 6) is -0.691. The van der Waals surface area contributed by atoms with Gasteiger partial charge < -0.3 is 29.9 Å². The maximum absolute atomic E-state index is 15.1. The molecule has 4 atom stereocenters. The molecule has 2 aliphatic rings. The number of imidazole rings is 1. The molecule has 0 bridgehead atoms. The lowest BCUT2D eigenvalue weighted by atomic mass is 10.1. The third-order valence-electron chi connectivity index (χ3n) is 7.32. The first-order valence-corrected chi connectivity index (χ1v) is 13.5. The van der Waals surface area contributed by atoms with E-state index in [4.69, 9.17) is 0 Å². The van der Waals surface area contributed by atoms with E-state index in [-0.39, 0.29) is 30.3 Å². The first-order valence-electron chi connectivity index (χ1n) is 12.7. The van der Waals surface area contributed by atoms with Gasteiger partial charge >= 0.3 is 6.36 Å². The molecule has 1 amide bonds. The summed E-state index contributed by atoms with van der Waals surface area (Å²) in [4.78, 5) is 26.9. The lowest BCUT2D eigenvalue weighted by Crippen LogP contribution is -2.51. The molecule has 1 aromatic carbocycles. The summed E-state index contributed by atoms with van der Waals surface area (Å²) in [6.45, 7) is 3.56. The van der Waals surface area contributed by atoms with Crippen molar-refractivity contribution in [1.82, 2.24) is 19.4 Å². The van der Waals surface area contributed by atoms with E-state index in [0.717, 1.165) is 0 Å². The number of ether oxygens (including phenoxy) is 1. The zero-order valence-electron chi connectivity index (χ0n) is 22.6. The number of carbonyl (C=O) groups is 1. The van der Waals surface area contributed by atoms with Crippen LogP contribution in [0.3, 0.4) is 0 Å². The average Bonchev–Trinajstić information content (AvgIpc) is 3.63. The lowest BCUT2D eigenvalue weighted by Gasteiger charge is -2.40. The monoisotopic (exact) mass is 599 g/mol. The van der Waals surface area contributed by atoms with E-state index in [2.05, 4.69) is 20.0 Å². The minimum Gasteiger partial charge on any atom is -0.372 e. The SMILES string of the molecule is Cc1sc(NC(=O)[C@H](C)n2cnc3c2[C@H](O)N(C)[C@@H](O)N3C)nc1-c1ccc(N2CC[C@H](OC(F)(F)F)C2)c(F)c1. The molecule has 4 heterocycles. The minimum atomic E-state index is -4.74. The molecular formula is C25H29F4N7O4S. The van der Waals surface area contributed by atoms with Crippen LogP contribution in [0, 0.1) is 12.7 Å². The quantitative estimate of drug-likeness (QED) is 0.366. The first-order chi connectivity index (χ1) is 19.2. The van der Waals surface area contributed by atoms with Crippen LogP contribution in [-0.2, 0) is 9.53 Å². The van der Waals surface area contributed by atoms with Crippen LogP contribution in [0.4, 0.5) is 34.2 Å². The third kappa shape index (κ3) is 5.61. The van der Waals surface area contributed by atoms with Gasteiger partial charge in [-0.15, -0.1) is 24.5 Å². The van der Waals surface area contributed by atoms with Crippen LogP contribution < -0.4 is 15.1 Å². The highest BCUT2D eigenvalue weighted by Crippen LogP contribution is 2.37. The predicted molar refractivity (Wildman–Crippen MR) is 143 cm³/mol. The van der Waals surface area contributed by atoms with Gasteiger partial charge in [0.2, 0.25) is 5.91 Å². The van der Waals surface area contributed by atoms with Crippen molar-refractivity contribution in [2.45, 2.75) is 51.4 Å². The zero-order valence-corrected chi connectivity index (χ0v) is 23.4. The molecule has 0 saturated carbocycles. The number of fused-ring (bicyclic) bond motifs is 1. The number of aryl methyl sites for hydroxylation is 1. The largest absolute Gasteiger partial charge is 0.522 e. The topological polar surface area (TPSA) is 119 Å². The number of aliphatic hydroxyl groups excluding tert-OH is 2. The fourth-order valence-corrected chi connectivity index (χ4v) is 5.93. The molecule has 16 heteroatoms. The summed E-state index contributed by atoms with van der Waals surface area (Å²) in [6.07, 6.45) is -6.54. The van der Waals surface area contributed by atoms with Gasteiger partial charge in [0.1, 0.15) is 17.6 Å². The molecule has 41 heavy (non-hydrogen) atoms. The highest BCUT2D eigenvalue weighted by atomic mass is 32.1. The van der Waals surface area contributed by atoms with Crippen LogP contribution in [0.5, 0.6) is 0 Å². The van der Waals surface area contributed by atoms with Gasteiger partial charge in [-0.25, -0.2) is 19.3 Å². The fourth-order valence-electron chi connectivity index (χ4n) is 5.09. The molecule has 2 aliphatic heterocycles. The average molecular weight is 600 g/mol. The number of hydrogen-bond donors (Lipinski definition) is 3. The number of anilines is 3. The number of nitrogens with one attached hydrogen (secondary N) is 1. The van der Waals surface area contributed by atoms with Crippen molar-refractivity contribution in [3.05, 3.63) is 40.9 Å². The summed E-state index contributed by atoms with van der Waals surface area (Å²) in [7, 11) is 3.16. The summed E-state index contributed by atoms with van der Waals surface area (Å²) in [5, 5.41) is 24.0. The second-order valence-electron chi connectivity index (χ2n) is 10.0. The van der Waals surface area contributed by atoms with Crippen LogP contribution in [0.25, 0.3) is 11.3 Å². The summed E-state index contributed by atoms with van der Waals surface area (Å²) in [5.41, 5.74) is 1.43. The Morgan fingerprint density at radius 3 is 2.68 bits per heavy atom. The van der Waals surface area contributed by atoms with E-state index >= 15 is 4.39 Å². The number of halogens is 4. The zero-order chi connectivity index (χ0) is 29.8. The van der Waals surface area contributed by atoms with Crippen molar-refractivity contribution in [2.75, 3.05) is 42.3 Å². The standard InChI is InChI=1S/C25H29F4N7O4S/c1-12(36-11-30-20-19(36)22(38)34(4)24(39)33(20)3)21(37)32-23-31-18(13(2)41-23)14-5-6-17(16(26)9-14)35-8-7-15(10-35)40-25(27,28)29/h5-6,9,11-12,15,22,24,38-39H,7-8,10H2,1-4H3,(H,31,32,37)/t12-,15-,22-,24-/m0/s1. The van der Waals surface area contributed by atoms with Gasteiger partial charge in [0, 0.05) is 30.6 Å². The molecule has 0 unspecified atom stereocenters. The number of carbonyl (C=O) groups excluding carboxylic acids is 1. The number of amides is 1. The highest BCUT2D eigenvalue weighted by molar-refractivity contribution is 7.16. The number of rotatable bonds is 6. The Morgan fingerprint density at radius 2 is 2.00 bits per heavy atom. The molecule has 5 rings (SSSR count). The molecule has 222 valence electrons. The van der Waals surface area contributed by atoms with Crippen LogP contribution in [0.1, 0.15) is 36.2 Å². The number of hydrogen-bond acceptors (Lipinski definition) is 10. The number of alkyl halides is 3.